The van der Waals surface area contributed by atoms with Gasteiger partial charge in [0, 0.05) is 9.64 Å². The van der Waals surface area contributed by atoms with Crippen LogP contribution in [-0.4, -0.2) is 23.5 Å². The van der Waals surface area contributed by atoms with E-state index >= 15 is 0 Å². The zero-order valence-electron chi connectivity index (χ0n) is 8.85. The van der Waals surface area contributed by atoms with Gasteiger partial charge in [0.15, 0.2) is 5.69 Å². The molecule has 4 nitrogen and oxygen atoms in total. The number of hydrogen-bond acceptors (Lipinski definition) is 2. The molecule has 0 saturated carbocycles. The Balaban J connectivity index is 2.79. The first-order valence-corrected chi connectivity index (χ1v) is 5.87. The monoisotopic (exact) mass is 319 g/mol. The van der Waals surface area contributed by atoms with Crippen molar-refractivity contribution in [2.45, 2.75) is 13.3 Å². The van der Waals surface area contributed by atoms with Crippen molar-refractivity contribution in [1.82, 2.24) is 5.01 Å². The minimum Gasteiger partial charge on any atom is -0.691 e. The maximum absolute atomic E-state index is 11.6. The van der Waals surface area contributed by atoms with Crippen LogP contribution in [0, 0.1) is 8.78 Å². The molecule has 0 aliphatic rings. The highest BCUT2D eigenvalue weighted by Crippen LogP contribution is 2.15. The first kappa shape index (κ1) is 12.2. The van der Waals surface area contributed by atoms with Gasteiger partial charge < -0.3 is 5.21 Å². The molecule has 1 aromatic rings. The van der Waals surface area contributed by atoms with E-state index in [1.54, 1.807) is 24.2 Å². The minimum atomic E-state index is 0.560. The summed E-state index contributed by atoms with van der Waals surface area (Å²) < 4.78 is 1.03. The number of benzene rings is 1. The van der Waals surface area contributed by atoms with Crippen LogP contribution >= 0.6 is 22.6 Å². The molecule has 1 aromatic carbocycles. The number of nitrogens with zero attached hydrogens (tertiary/aromatic N) is 3. The topological polar surface area (TPSA) is 41.7 Å². The van der Waals surface area contributed by atoms with Crippen molar-refractivity contribution in [3.63, 3.8) is 0 Å². The summed E-state index contributed by atoms with van der Waals surface area (Å²) in [5, 5.41) is 17.1. The van der Waals surface area contributed by atoms with Crippen molar-refractivity contribution in [2.75, 3.05) is 13.6 Å². The van der Waals surface area contributed by atoms with Crippen LogP contribution in [-0.2, 0) is 0 Å². The summed E-state index contributed by atoms with van der Waals surface area (Å²) in [6.07, 6.45) is 0.972. The van der Waals surface area contributed by atoms with Gasteiger partial charge in [0.05, 0.1) is 12.3 Å². The standard InChI is InChI=1S/C10H14IN3O/c1-3-7-13(2)12-14(15)10-6-4-5-9(11)8-10/h4-6,8H,3,7H2,1-2H3/b14-12-. The first-order chi connectivity index (χ1) is 7.13. The van der Waals surface area contributed by atoms with Gasteiger partial charge >= 0.3 is 0 Å². The Morgan fingerprint density at radius 3 is 2.87 bits per heavy atom. The van der Waals surface area contributed by atoms with Crippen molar-refractivity contribution in [2.24, 2.45) is 5.22 Å². The largest absolute Gasteiger partial charge is 0.691 e. The molecule has 0 atom stereocenters. The summed E-state index contributed by atoms with van der Waals surface area (Å²) in [7, 11) is 1.79. The third-order valence-electron chi connectivity index (χ3n) is 1.81. The van der Waals surface area contributed by atoms with Crippen molar-refractivity contribution in [1.29, 1.82) is 0 Å². The van der Waals surface area contributed by atoms with Crippen molar-refractivity contribution >= 4 is 28.3 Å². The van der Waals surface area contributed by atoms with Crippen LogP contribution in [0.5, 0.6) is 0 Å². The Kier molecular flexibility index (Phi) is 4.80. The lowest BCUT2D eigenvalue weighted by molar-refractivity contribution is -0.460. The van der Waals surface area contributed by atoms with E-state index in [1.165, 1.54) is 0 Å². The molecule has 0 fully saturated rings. The van der Waals surface area contributed by atoms with Crippen LogP contribution in [0.25, 0.3) is 0 Å². The van der Waals surface area contributed by atoms with Crippen LogP contribution in [0.3, 0.4) is 0 Å². The number of hydrogen-bond donors (Lipinski definition) is 0. The SMILES string of the molecule is CCCN(C)/N=[N+](\[O-])c1cccc(I)c1. The Morgan fingerprint density at radius 1 is 1.53 bits per heavy atom. The summed E-state index contributed by atoms with van der Waals surface area (Å²) in [4.78, 5) is 0.651. The molecule has 0 amide bonds. The molecule has 0 aliphatic carbocycles. The van der Waals surface area contributed by atoms with E-state index in [2.05, 4.69) is 27.8 Å². The van der Waals surface area contributed by atoms with Gasteiger partial charge in [0.2, 0.25) is 0 Å². The maximum Gasteiger partial charge on any atom is 0.155 e. The fraction of sp³-hybridized carbons (Fsp3) is 0.400. The van der Waals surface area contributed by atoms with E-state index in [9.17, 15) is 5.21 Å². The van der Waals surface area contributed by atoms with E-state index in [4.69, 9.17) is 0 Å². The second-order valence-electron chi connectivity index (χ2n) is 3.22. The van der Waals surface area contributed by atoms with Gasteiger partial charge in [-0.05, 0) is 41.1 Å². The quantitative estimate of drug-likeness (QED) is 0.370. The Labute approximate surface area is 103 Å². The van der Waals surface area contributed by atoms with Gasteiger partial charge in [-0.25, -0.2) is 0 Å². The average molecular weight is 319 g/mol. The Hall–Kier alpha value is -0.850. The van der Waals surface area contributed by atoms with E-state index in [0.717, 1.165) is 16.5 Å². The highest BCUT2D eigenvalue weighted by atomic mass is 127. The van der Waals surface area contributed by atoms with Crippen molar-refractivity contribution in [3.8, 4) is 0 Å². The lowest BCUT2D eigenvalue weighted by Crippen LogP contribution is -2.14. The molecule has 0 aromatic heterocycles. The second-order valence-corrected chi connectivity index (χ2v) is 4.47. The maximum atomic E-state index is 11.6. The Morgan fingerprint density at radius 2 is 2.27 bits per heavy atom. The molecule has 0 unspecified atom stereocenters. The summed E-state index contributed by atoms with van der Waals surface area (Å²) in [5.41, 5.74) is 0.560. The molecular weight excluding hydrogens is 305 g/mol. The smallest absolute Gasteiger partial charge is 0.155 e. The third kappa shape index (κ3) is 4.03. The molecule has 0 bridgehead atoms. The predicted octanol–water partition coefficient (Wildman–Crippen LogP) is 3.14. The van der Waals surface area contributed by atoms with Gasteiger partial charge in [-0.2, -0.15) is 5.01 Å². The summed E-state index contributed by atoms with van der Waals surface area (Å²) >= 11 is 2.17. The lowest BCUT2D eigenvalue weighted by atomic mass is 10.3. The highest BCUT2D eigenvalue weighted by Gasteiger charge is 2.02. The lowest BCUT2D eigenvalue weighted by Gasteiger charge is -2.09. The number of halogens is 1. The average Bonchev–Trinajstić information content (AvgIpc) is 2.18. The fourth-order valence-corrected chi connectivity index (χ4v) is 1.68. The van der Waals surface area contributed by atoms with Gasteiger partial charge in [0.1, 0.15) is 6.54 Å². The van der Waals surface area contributed by atoms with Crippen LogP contribution < -0.4 is 0 Å². The molecule has 1 rings (SSSR count). The zero-order chi connectivity index (χ0) is 11.3. The van der Waals surface area contributed by atoms with Crippen LogP contribution in [0.4, 0.5) is 5.69 Å². The van der Waals surface area contributed by atoms with Gasteiger partial charge in [0.25, 0.3) is 0 Å². The van der Waals surface area contributed by atoms with Gasteiger partial charge in [-0.3, -0.25) is 0 Å². The van der Waals surface area contributed by atoms with E-state index < -0.39 is 0 Å². The Bertz CT molecular complexity index is 354. The van der Waals surface area contributed by atoms with Crippen molar-refractivity contribution in [3.05, 3.63) is 33.0 Å². The normalized spacial score (nSPS) is 11.5. The molecule has 5 heteroatoms. The molecule has 0 spiro atoms. The molecule has 0 saturated heterocycles. The van der Waals surface area contributed by atoms with E-state index in [0.29, 0.717) is 10.5 Å². The molecule has 0 radical (unpaired) electrons. The van der Waals surface area contributed by atoms with Gasteiger partial charge in [-0.1, -0.05) is 13.0 Å². The molecular formula is C10H14IN3O. The third-order valence-corrected chi connectivity index (χ3v) is 2.48. The number of rotatable bonds is 4. The first-order valence-electron chi connectivity index (χ1n) is 4.79. The van der Waals surface area contributed by atoms with E-state index in [1.807, 2.05) is 19.1 Å². The molecule has 0 N–H and O–H groups in total. The fourth-order valence-electron chi connectivity index (χ4n) is 1.15. The summed E-state index contributed by atoms with van der Waals surface area (Å²) in [6, 6.07) is 7.33. The molecule has 82 valence electrons. The zero-order valence-corrected chi connectivity index (χ0v) is 11.0. The summed E-state index contributed by atoms with van der Waals surface area (Å²) in [5.74, 6) is 0. The van der Waals surface area contributed by atoms with Crippen LogP contribution in [0.15, 0.2) is 29.5 Å². The summed E-state index contributed by atoms with van der Waals surface area (Å²) in [6.45, 7) is 2.83. The molecule has 15 heavy (non-hydrogen) atoms. The predicted molar refractivity (Wildman–Crippen MR) is 67.8 cm³/mol. The van der Waals surface area contributed by atoms with Gasteiger partial charge in [-0.15, -0.1) is 4.86 Å². The minimum absolute atomic E-state index is 0.560. The van der Waals surface area contributed by atoms with Crippen LogP contribution in [0.2, 0.25) is 0 Å². The molecule has 0 aliphatic heterocycles. The second kappa shape index (κ2) is 5.89. The van der Waals surface area contributed by atoms with Crippen molar-refractivity contribution < 1.29 is 4.86 Å². The van der Waals surface area contributed by atoms with E-state index in [-0.39, 0.29) is 0 Å². The molecule has 0 heterocycles. The van der Waals surface area contributed by atoms with Crippen LogP contribution in [0.1, 0.15) is 13.3 Å². The highest BCUT2D eigenvalue weighted by molar-refractivity contribution is 14.1.